The summed E-state index contributed by atoms with van der Waals surface area (Å²) in [6, 6.07) is 10.7. The average molecular weight is 314 g/mol. The molecule has 0 saturated carbocycles. The molecule has 1 aliphatic rings. The second kappa shape index (κ2) is 6.16. The van der Waals surface area contributed by atoms with Crippen molar-refractivity contribution in [3.63, 3.8) is 0 Å². The van der Waals surface area contributed by atoms with Crippen molar-refractivity contribution in [2.24, 2.45) is 0 Å². The quantitative estimate of drug-likeness (QED) is 0.640. The van der Waals surface area contributed by atoms with E-state index in [1.165, 1.54) is 17.2 Å². The van der Waals surface area contributed by atoms with Crippen LogP contribution in [0.5, 0.6) is 11.5 Å². The molecule has 1 aliphatic heterocycles. The van der Waals surface area contributed by atoms with Crippen LogP contribution in [0.3, 0.4) is 0 Å². The van der Waals surface area contributed by atoms with Gasteiger partial charge < -0.3 is 14.4 Å². The maximum absolute atomic E-state index is 11.0. The summed E-state index contributed by atoms with van der Waals surface area (Å²) in [7, 11) is 3.23. The fourth-order valence-corrected chi connectivity index (χ4v) is 2.90. The Balaban J connectivity index is 1.93. The minimum atomic E-state index is -0.383. The third-order valence-corrected chi connectivity index (χ3v) is 4.14. The summed E-state index contributed by atoms with van der Waals surface area (Å²) in [5.74, 6) is 1.50. The molecule has 0 bridgehead atoms. The molecule has 6 nitrogen and oxygen atoms in total. The lowest BCUT2D eigenvalue weighted by Gasteiger charge is -2.31. The van der Waals surface area contributed by atoms with E-state index in [0.29, 0.717) is 12.3 Å². The van der Waals surface area contributed by atoms with E-state index in [0.717, 1.165) is 24.4 Å². The molecule has 0 fully saturated rings. The standard InChI is InChI=1S/C17H18N2O4/c1-22-15-5-3-13-11-18(8-7-12(13)9-15)16-10-14(19(20)21)4-6-17(16)23-2/h3-6,9-10H,7-8,11H2,1-2H3. The molecule has 0 aliphatic carbocycles. The van der Waals surface area contributed by atoms with E-state index in [9.17, 15) is 10.1 Å². The molecule has 0 saturated heterocycles. The van der Waals surface area contributed by atoms with Gasteiger partial charge in [-0.3, -0.25) is 10.1 Å². The van der Waals surface area contributed by atoms with E-state index < -0.39 is 0 Å². The number of hydrogen-bond acceptors (Lipinski definition) is 5. The molecular formula is C17H18N2O4. The molecule has 2 aromatic rings. The molecule has 6 heteroatoms. The lowest BCUT2D eigenvalue weighted by Crippen LogP contribution is -2.30. The van der Waals surface area contributed by atoms with Crippen molar-refractivity contribution >= 4 is 11.4 Å². The van der Waals surface area contributed by atoms with E-state index in [4.69, 9.17) is 9.47 Å². The first-order valence-electron chi connectivity index (χ1n) is 7.35. The van der Waals surface area contributed by atoms with Crippen LogP contribution >= 0.6 is 0 Å². The maximum atomic E-state index is 11.0. The number of ether oxygens (including phenoxy) is 2. The molecule has 0 unspecified atom stereocenters. The summed E-state index contributed by atoms with van der Waals surface area (Å²) in [6.07, 6.45) is 0.860. The van der Waals surface area contributed by atoms with Gasteiger partial charge in [-0.15, -0.1) is 0 Å². The third kappa shape index (κ3) is 2.92. The van der Waals surface area contributed by atoms with E-state index in [1.54, 1.807) is 26.4 Å². The van der Waals surface area contributed by atoms with E-state index >= 15 is 0 Å². The van der Waals surface area contributed by atoms with Gasteiger partial charge in [-0.2, -0.15) is 0 Å². The van der Waals surface area contributed by atoms with Gasteiger partial charge in [0.1, 0.15) is 11.5 Å². The molecule has 0 N–H and O–H groups in total. The number of nitrogens with zero attached hydrogens (tertiary/aromatic N) is 2. The van der Waals surface area contributed by atoms with Gasteiger partial charge in [0.15, 0.2) is 0 Å². The third-order valence-electron chi connectivity index (χ3n) is 4.14. The fourth-order valence-electron chi connectivity index (χ4n) is 2.90. The van der Waals surface area contributed by atoms with Crippen molar-refractivity contribution in [3.05, 3.63) is 57.6 Å². The Morgan fingerprint density at radius 1 is 1.09 bits per heavy atom. The zero-order valence-corrected chi connectivity index (χ0v) is 13.1. The molecule has 0 radical (unpaired) electrons. The molecule has 23 heavy (non-hydrogen) atoms. The molecule has 0 amide bonds. The van der Waals surface area contributed by atoms with Crippen molar-refractivity contribution in [2.45, 2.75) is 13.0 Å². The minimum Gasteiger partial charge on any atom is -0.497 e. The van der Waals surface area contributed by atoms with Crippen LogP contribution in [-0.4, -0.2) is 25.7 Å². The minimum absolute atomic E-state index is 0.0707. The maximum Gasteiger partial charge on any atom is 0.271 e. The Morgan fingerprint density at radius 2 is 1.91 bits per heavy atom. The average Bonchev–Trinajstić information content (AvgIpc) is 2.60. The highest BCUT2D eigenvalue weighted by molar-refractivity contribution is 5.64. The lowest BCUT2D eigenvalue weighted by molar-refractivity contribution is -0.384. The highest BCUT2D eigenvalue weighted by Gasteiger charge is 2.22. The normalized spacial score (nSPS) is 13.4. The van der Waals surface area contributed by atoms with Gasteiger partial charge in [-0.1, -0.05) is 6.07 Å². The SMILES string of the molecule is COc1ccc2c(c1)CCN(c1cc([N+](=O)[O-])ccc1OC)C2. The van der Waals surface area contributed by atoms with Crippen LogP contribution in [-0.2, 0) is 13.0 Å². The summed E-state index contributed by atoms with van der Waals surface area (Å²) >= 11 is 0. The second-order valence-electron chi connectivity index (χ2n) is 5.42. The van der Waals surface area contributed by atoms with Crippen molar-refractivity contribution in [3.8, 4) is 11.5 Å². The summed E-state index contributed by atoms with van der Waals surface area (Å²) in [5, 5.41) is 11.0. The van der Waals surface area contributed by atoms with Gasteiger partial charge in [0.05, 0.1) is 24.8 Å². The smallest absolute Gasteiger partial charge is 0.271 e. The predicted molar refractivity (Wildman–Crippen MR) is 87.4 cm³/mol. The molecule has 0 atom stereocenters. The van der Waals surface area contributed by atoms with Gasteiger partial charge in [-0.05, 0) is 35.7 Å². The van der Waals surface area contributed by atoms with Crippen molar-refractivity contribution in [1.82, 2.24) is 0 Å². The number of methoxy groups -OCH3 is 2. The van der Waals surface area contributed by atoms with Crippen LogP contribution in [0.4, 0.5) is 11.4 Å². The van der Waals surface area contributed by atoms with Crippen molar-refractivity contribution in [1.29, 1.82) is 0 Å². The van der Waals surface area contributed by atoms with Crippen LogP contribution in [0.2, 0.25) is 0 Å². The molecule has 1 heterocycles. The van der Waals surface area contributed by atoms with Gasteiger partial charge in [0.2, 0.25) is 0 Å². The molecule has 0 spiro atoms. The summed E-state index contributed by atoms with van der Waals surface area (Å²) in [4.78, 5) is 12.8. The number of benzene rings is 2. The molecule has 120 valence electrons. The number of nitro groups is 1. The van der Waals surface area contributed by atoms with E-state index in [2.05, 4.69) is 11.0 Å². The zero-order chi connectivity index (χ0) is 16.4. The predicted octanol–water partition coefficient (Wildman–Crippen LogP) is 3.17. The first-order chi connectivity index (χ1) is 11.1. The van der Waals surface area contributed by atoms with Gasteiger partial charge in [0, 0.05) is 25.2 Å². The highest BCUT2D eigenvalue weighted by Crippen LogP contribution is 2.35. The van der Waals surface area contributed by atoms with Crippen molar-refractivity contribution < 1.29 is 14.4 Å². The van der Waals surface area contributed by atoms with Crippen LogP contribution in [0.1, 0.15) is 11.1 Å². The Morgan fingerprint density at radius 3 is 2.61 bits per heavy atom. The monoisotopic (exact) mass is 314 g/mol. The van der Waals surface area contributed by atoms with Crippen molar-refractivity contribution in [2.75, 3.05) is 25.7 Å². The topological polar surface area (TPSA) is 64.8 Å². The Kier molecular flexibility index (Phi) is 4.06. The number of anilines is 1. The molecule has 0 aromatic heterocycles. The Hall–Kier alpha value is -2.76. The second-order valence-corrected chi connectivity index (χ2v) is 5.42. The first kappa shape index (κ1) is 15.1. The lowest BCUT2D eigenvalue weighted by atomic mass is 9.99. The van der Waals surface area contributed by atoms with Gasteiger partial charge in [0.25, 0.3) is 5.69 Å². The number of non-ortho nitro benzene ring substituents is 1. The van der Waals surface area contributed by atoms with Crippen LogP contribution in [0.15, 0.2) is 36.4 Å². The number of hydrogen-bond donors (Lipinski definition) is 0. The van der Waals surface area contributed by atoms with E-state index in [-0.39, 0.29) is 10.6 Å². The molecular weight excluding hydrogens is 296 g/mol. The van der Waals surface area contributed by atoms with E-state index in [1.807, 2.05) is 12.1 Å². The fraction of sp³-hybridized carbons (Fsp3) is 0.294. The number of rotatable bonds is 4. The Labute approximate surface area is 134 Å². The molecule has 3 rings (SSSR count). The number of fused-ring (bicyclic) bond motifs is 1. The summed E-state index contributed by atoms with van der Waals surface area (Å²) in [6.45, 7) is 1.47. The Bertz CT molecular complexity index is 745. The number of nitro benzene ring substituents is 1. The summed E-state index contributed by atoms with van der Waals surface area (Å²) in [5.41, 5.74) is 3.28. The first-order valence-corrected chi connectivity index (χ1v) is 7.35. The summed E-state index contributed by atoms with van der Waals surface area (Å²) < 4.78 is 10.6. The zero-order valence-electron chi connectivity index (χ0n) is 13.1. The largest absolute Gasteiger partial charge is 0.497 e. The van der Waals surface area contributed by atoms with Gasteiger partial charge in [-0.25, -0.2) is 0 Å². The highest BCUT2D eigenvalue weighted by atomic mass is 16.6. The van der Waals surface area contributed by atoms with Crippen LogP contribution in [0.25, 0.3) is 0 Å². The van der Waals surface area contributed by atoms with Crippen LogP contribution in [0, 0.1) is 10.1 Å². The molecule has 2 aromatic carbocycles. The van der Waals surface area contributed by atoms with Crippen LogP contribution < -0.4 is 14.4 Å². The van der Waals surface area contributed by atoms with Gasteiger partial charge >= 0.3 is 0 Å².